The molecule has 3 aliphatic carbocycles. The molecule has 2 fully saturated rings. The largest absolute Gasteiger partial charge is 0.508 e. The predicted molar refractivity (Wildman–Crippen MR) is 159 cm³/mol. The number of piperidine rings is 1. The van der Waals surface area contributed by atoms with Gasteiger partial charge in [0.2, 0.25) is 11.8 Å². The standard InChI is InChI=1S/C34H31BrN2O5/c35-27-17-28(39)31-26(32(27)40)16-25-23(29(31)20-6-8-22(38)9-7-20)10-11-24-30(25)34(42)37(33(24)41)21-12-14-36(15-13-21)18-19-4-2-1-3-5-19/h1-10,17,21,24-25,29-30,38H,11-16,18H2. The Hall–Kier alpha value is -3.62. The highest BCUT2D eigenvalue weighted by Crippen LogP contribution is 2.55. The monoisotopic (exact) mass is 626 g/mol. The number of ketones is 2. The number of rotatable bonds is 4. The number of hydrogen-bond acceptors (Lipinski definition) is 6. The molecule has 7 rings (SSSR count). The van der Waals surface area contributed by atoms with Crippen molar-refractivity contribution in [1.29, 1.82) is 0 Å². The Morgan fingerprint density at radius 1 is 0.881 bits per heavy atom. The zero-order valence-electron chi connectivity index (χ0n) is 23.0. The van der Waals surface area contributed by atoms with Crippen LogP contribution in [-0.4, -0.2) is 57.4 Å². The van der Waals surface area contributed by atoms with Crippen molar-refractivity contribution in [3.8, 4) is 5.75 Å². The molecule has 0 bridgehead atoms. The molecule has 2 heterocycles. The van der Waals surface area contributed by atoms with Gasteiger partial charge in [0, 0.05) is 48.8 Å². The van der Waals surface area contributed by atoms with Crippen LogP contribution in [0.4, 0.5) is 0 Å². The van der Waals surface area contributed by atoms with Gasteiger partial charge in [-0.3, -0.25) is 29.0 Å². The first-order valence-electron chi connectivity index (χ1n) is 14.6. The number of carbonyl (C=O) groups is 4. The Balaban J connectivity index is 1.17. The minimum atomic E-state index is -0.555. The molecule has 214 valence electrons. The fourth-order valence-electron chi connectivity index (χ4n) is 7.81. The summed E-state index contributed by atoms with van der Waals surface area (Å²) in [6.45, 7) is 2.48. The Labute approximate surface area is 252 Å². The number of halogens is 1. The number of allylic oxidation sites excluding steroid dienone is 6. The van der Waals surface area contributed by atoms with Gasteiger partial charge in [0.05, 0.1) is 16.3 Å². The molecule has 2 aliphatic heterocycles. The van der Waals surface area contributed by atoms with Crippen LogP contribution in [0.1, 0.15) is 42.7 Å². The first kappa shape index (κ1) is 27.2. The van der Waals surface area contributed by atoms with Crippen LogP contribution in [0.25, 0.3) is 0 Å². The number of phenolic OH excluding ortho intramolecular Hbond substituents is 1. The number of Topliss-reactive ketones (excluding diaryl/α,β-unsaturated/α-hetero) is 1. The third-order valence-corrected chi connectivity index (χ3v) is 10.4. The van der Waals surface area contributed by atoms with Gasteiger partial charge in [-0.05, 0) is 70.8 Å². The SMILES string of the molecule is O=C1C=C(Br)C(=O)C2=C1C(c1ccc(O)cc1)C1=CCC3C(=O)N(C4CCN(Cc5ccccc5)CC4)C(=O)C3C1C2. The van der Waals surface area contributed by atoms with Crippen molar-refractivity contribution >= 4 is 39.3 Å². The molecule has 2 aromatic carbocycles. The molecule has 0 radical (unpaired) electrons. The van der Waals surface area contributed by atoms with Crippen molar-refractivity contribution in [3.05, 3.63) is 99.1 Å². The van der Waals surface area contributed by atoms with E-state index in [0.29, 0.717) is 17.6 Å². The molecule has 0 spiro atoms. The van der Waals surface area contributed by atoms with Gasteiger partial charge in [0.25, 0.3) is 0 Å². The number of hydrogen-bond donors (Lipinski definition) is 1. The summed E-state index contributed by atoms with van der Waals surface area (Å²) in [4.78, 5) is 58.6. The van der Waals surface area contributed by atoms with E-state index in [4.69, 9.17) is 0 Å². The van der Waals surface area contributed by atoms with Crippen molar-refractivity contribution < 1.29 is 24.3 Å². The lowest BCUT2D eigenvalue weighted by molar-refractivity contribution is -0.144. The van der Waals surface area contributed by atoms with E-state index in [2.05, 4.69) is 33.0 Å². The molecule has 2 saturated heterocycles. The third kappa shape index (κ3) is 4.43. The zero-order valence-corrected chi connectivity index (χ0v) is 24.6. The number of imide groups is 1. The summed E-state index contributed by atoms with van der Waals surface area (Å²) in [5.74, 6) is -2.47. The van der Waals surface area contributed by atoms with Crippen LogP contribution < -0.4 is 0 Å². The van der Waals surface area contributed by atoms with Gasteiger partial charge in [0.1, 0.15) is 5.75 Å². The van der Waals surface area contributed by atoms with Crippen LogP contribution in [-0.2, 0) is 25.7 Å². The van der Waals surface area contributed by atoms with Gasteiger partial charge in [-0.2, -0.15) is 0 Å². The lowest BCUT2D eigenvalue weighted by Crippen LogP contribution is -2.47. The van der Waals surface area contributed by atoms with Crippen LogP contribution in [0.3, 0.4) is 0 Å². The lowest BCUT2D eigenvalue weighted by atomic mass is 9.59. The van der Waals surface area contributed by atoms with E-state index in [9.17, 15) is 24.3 Å². The van der Waals surface area contributed by atoms with Crippen molar-refractivity contribution in [3.63, 3.8) is 0 Å². The quantitative estimate of drug-likeness (QED) is 0.297. The molecular weight excluding hydrogens is 596 g/mol. The number of likely N-dealkylation sites (tertiary alicyclic amines) is 2. The molecule has 5 aliphatic rings. The van der Waals surface area contributed by atoms with Crippen LogP contribution in [0, 0.1) is 17.8 Å². The van der Waals surface area contributed by atoms with Gasteiger partial charge in [-0.15, -0.1) is 0 Å². The zero-order chi connectivity index (χ0) is 29.1. The van der Waals surface area contributed by atoms with E-state index in [0.717, 1.165) is 43.6 Å². The maximum Gasteiger partial charge on any atom is 0.233 e. The van der Waals surface area contributed by atoms with Crippen LogP contribution in [0.5, 0.6) is 5.75 Å². The molecule has 8 heteroatoms. The first-order chi connectivity index (χ1) is 20.3. The summed E-state index contributed by atoms with van der Waals surface area (Å²) in [6.07, 6.45) is 5.54. The fourth-order valence-corrected chi connectivity index (χ4v) is 8.26. The highest BCUT2D eigenvalue weighted by molar-refractivity contribution is 9.12. The Morgan fingerprint density at radius 2 is 1.60 bits per heavy atom. The Morgan fingerprint density at radius 3 is 2.31 bits per heavy atom. The van der Waals surface area contributed by atoms with E-state index in [1.807, 2.05) is 24.3 Å². The van der Waals surface area contributed by atoms with Crippen molar-refractivity contribution in [2.45, 2.75) is 44.2 Å². The number of phenols is 1. The summed E-state index contributed by atoms with van der Waals surface area (Å²) in [6, 6.07) is 16.9. The topological polar surface area (TPSA) is 95.0 Å². The Kier molecular flexibility index (Phi) is 6.86. The normalized spacial score (nSPS) is 28.4. The van der Waals surface area contributed by atoms with Gasteiger partial charge in [-0.1, -0.05) is 54.1 Å². The minimum Gasteiger partial charge on any atom is -0.508 e. The summed E-state index contributed by atoms with van der Waals surface area (Å²) < 4.78 is 0.216. The van der Waals surface area contributed by atoms with Gasteiger partial charge in [-0.25, -0.2) is 0 Å². The molecule has 2 amide bonds. The van der Waals surface area contributed by atoms with Crippen molar-refractivity contribution in [2.24, 2.45) is 17.8 Å². The maximum atomic E-state index is 14.2. The highest BCUT2D eigenvalue weighted by Gasteiger charge is 2.57. The van der Waals surface area contributed by atoms with E-state index in [-0.39, 0.29) is 52.0 Å². The summed E-state index contributed by atoms with van der Waals surface area (Å²) >= 11 is 3.27. The van der Waals surface area contributed by atoms with Crippen molar-refractivity contribution in [2.75, 3.05) is 13.1 Å². The average molecular weight is 628 g/mol. The fraction of sp³-hybridized carbons (Fsp3) is 0.353. The molecule has 1 N–H and O–H groups in total. The average Bonchev–Trinajstić information content (AvgIpc) is 3.26. The lowest BCUT2D eigenvalue weighted by Gasteiger charge is -2.42. The molecule has 2 aromatic rings. The smallest absolute Gasteiger partial charge is 0.233 e. The molecule has 7 nitrogen and oxygen atoms in total. The summed E-state index contributed by atoms with van der Waals surface area (Å²) in [5, 5.41) is 9.92. The van der Waals surface area contributed by atoms with E-state index in [1.165, 1.54) is 11.6 Å². The third-order valence-electron chi connectivity index (χ3n) is 9.76. The Bertz CT molecular complexity index is 1580. The summed E-state index contributed by atoms with van der Waals surface area (Å²) in [5.41, 5.74) is 3.81. The van der Waals surface area contributed by atoms with Gasteiger partial charge >= 0.3 is 0 Å². The second-order valence-corrected chi connectivity index (χ2v) is 12.9. The molecular formula is C34H31BrN2O5. The first-order valence-corrected chi connectivity index (χ1v) is 15.4. The second kappa shape index (κ2) is 10.6. The number of amides is 2. The van der Waals surface area contributed by atoms with Crippen LogP contribution in [0.15, 0.2) is 88.0 Å². The van der Waals surface area contributed by atoms with E-state index >= 15 is 0 Å². The number of benzene rings is 2. The summed E-state index contributed by atoms with van der Waals surface area (Å²) in [7, 11) is 0. The van der Waals surface area contributed by atoms with Gasteiger partial charge in [0.15, 0.2) is 11.6 Å². The van der Waals surface area contributed by atoms with Crippen molar-refractivity contribution in [1.82, 2.24) is 9.80 Å². The molecule has 4 unspecified atom stereocenters. The number of carbonyl (C=O) groups excluding carboxylic acids is 4. The predicted octanol–water partition coefficient (Wildman–Crippen LogP) is 4.82. The van der Waals surface area contributed by atoms with Crippen LogP contribution >= 0.6 is 15.9 Å². The molecule has 0 saturated carbocycles. The van der Waals surface area contributed by atoms with Crippen LogP contribution in [0.2, 0.25) is 0 Å². The maximum absolute atomic E-state index is 14.2. The molecule has 4 atom stereocenters. The number of nitrogens with zero attached hydrogens (tertiary/aromatic N) is 2. The van der Waals surface area contributed by atoms with E-state index < -0.39 is 17.8 Å². The minimum absolute atomic E-state index is 0.102. The molecule has 42 heavy (non-hydrogen) atoms. The molecule has 0 aromatic heterocycles. The van der Waals surface area contributed by atoms with Gasteiger partial charge < -0.3 is 5.11 Å². The highest BCUT2D eigenvalue weighted by atomic mass is 79.9. The number of fused-ring (bicyclic) bond motifs is 3. The number of aromatic hydroxyl groups is 1. The van der Waals surface area contributed by atoms with E-state index in [1.54, 1.807) is 29.2 Å². The second-order valence-electron chi connectivity index (χ2n) is 12.0.